The minimum absolute atomic E-state index is 0.538. The van der Waals surface area contributed by atoms with Crippen molar-refractivity contribution in [1.82, 2.24) is 4.57 Å². The lowest BCUT2D eigenvalue weighted by atomic mass is 10.1. The van der Waals surface area contributed by atoms with Crippen molar-refractivity contribution >= 4 is 25.5 Å². The standard InChI is InChI=1S/C19H23NOSSi/c1-23(2)13-7-12-20(23)15-16-8-6-9-17(14-16)19(22)21-18-10-4-3-5-11-18/h3-6,8-11,14H,7,12-13,15H2,1-2H3. The highest BCUT2D eigenvalue weighted by atomic mass is 32.1. The number of ether oxygens (including phenoxy) is 1. The van der Waals surface area contributed by atoms with E-state index in [0.29, 0.717) is 5.05 Å². The summed E-state index contributed by atoms with van der Waals surface area (Å²) in [5.41, 5.74) is 2.31. The van der Waals surface area contributed by atoms with Gasteiger partial charge in [0.05, 0.1) is 0 Å². The first kappa shape index (κ1) is 16.4. The third-order valence-electron chi connectivity index (χ3n) is 4.56. The first-order chi connectivity index (χ1) is 11.0. The van der Waals surface area contributed by atoms with Gasteiger partial charge >= 0.3 is 0 Å². The number of rotatable bonds is 4. The van der Waals surface area contributed by atoms with Crippen LogP contribution in [0.5, 0.6) is 5.75 Å². The van der Waals surface area contributed by atoms with Gasteiger partial charge in [-0.25, -0.2) is 0 Å². The van der Waals surface area contributed by atoms with Crippen LogP contribution < -0.4 is 4.74 Å². The zero-order valence-corrected chi connectivity index (χ0v) is 15.6. The van der Waals surface area contributed by atoms with Crippen LogP contribution in [0.1, 0.15) is 17.5 Å². The van der Waals surface area contributed by atoms with E-state index in [4.69, 9.17) is 17.0 Å². The summed E-state index contributed by atoms with van der Waals surface area (Å²) in [7, 11) is -1.19. The zero-order chi connectivity index (χ0) is 16.3. The molecule has 2 aromatic rings. The Bertz CT molecular complexity index is 687. The summed E-state index contributed by atoms with van der Waals surface area (Å²) in [5, 5.41) is 0.538. The molecule has 3 rings (SSSR count). The molecule has 1 fully saturated rings. The molecule has 0 radical (unpaired) electrons. The van der Waals surface area contributed by atoms with E-state index in [2.05, 4.69) is 35.9 Å². The molecule has 0 saturated carbocycles. The summed E-state index contributed by atoms with van der Waals surface area (Å²) < 4.78 is 8.48. The first-order valence-electron chi connectivity index (χ1n) is 8.16. The maximum absolute atomic E-state index is 5.79. The Morgan fingerprint density at radius 2 is 1.91 bits per heavy atom. The van der Waals surface area contributed by atoms with Crippen molar-refractivity contribution < 1.29 is 4.74 Å². The van der Waals surface area contributed by atoms with Gasteiger partial charge in [-0.15, -0.1) is 0 Å². The van der Waals surface area contributed by atoms with Gasteiger partial charge in [0.1, 0.15) is 14.0 Å². The second kappa shape index (κ2) is 6.95. The van der Waals surface area contributed by atoms with E-state index in [1.807, 2.05) is 36.4 Å². The van der Waals surface area contributed by atoms with E-state index in [-0.39, 0.29) is 0 Å². The zero-order valence-electron chi connectivity index (χ0n) is 13.8. The molecule has 0 bridgehead atoms. The van der Waals surface area contributed by atoms with Crippen molar-refractivity contribution in [2.45, 2.75) is 32.1 Å². The van der Waals surface area contributed by atoms with Crippen LogP contribution in [0.15, 0.2) is 54.6 Å². The Kier molecular flexibility index (Phi) is 4.95. The van der Waals surface area contributed by atoms with Crippen LogP contribution in [0, 0.1) is 0 Å². The average Bonchev–Trinajstić information content (AvgIpc) is 2.87. The lowest BCUT2D eigenvalue weighted by Crippen LogP contribution is -2.42. The largest absolute Gasteiger partial charge is 0.445 e. The summed E-state index contributed by atoms with van der Waals surface area (Å²) in [5.74, 6) is 0.788. The fourth-order valence-corrected chi connectivity index (χ4v) is 6.06. The highest BCUT2D eigenvalue weighted by molar-refractivity contribution is 7.80. The number of hydrogen-bond acceptors (Lipinski definition) is 3. The van der Waals surface area contributed by atoms with E-state index < -0.39 is 8.24 Å². The summed E-state index contributed by atoms with van der Waals surface area (Å²) in [4.78, 5) is 0. The Balaban J connectivity index is 1.71. The Morgan fingerprint density at radius 3 is 2.61 bits per heavy atom. The molecule has 0 amide bonds. The molecule has 4 heteroatoms. The molecule has 0 N–H and O–H groups in total. The van der Waals surface area contributed by atoms with Gasteiger partial charge in [-0.3, -0.25) is 0 Å². The molecule has 2 aromatic carbocycles. The monoisotopic (exact) mass is 341 g/mol. The van der Waals surface area contributed by atoms with Crippen molar-refractivity contribution in [3.05, 3.63) is 65.7 Å². The number of benzene rings is 2. The Morgan fingerprint density at radius 1 is 1.13 bits per heavy atom. The van der Waals surface area contributed by atoms with Crippen molar-refractivity contribution in [1.29, 1.82) is 0 Å². The smallest absolute Gasteiger partial charge is 0.198 e. The summed E-state index contributed by atoms with van der Waals surface area (Å²) >= 11 is 5.46. The SMILES string of the molecule is C[Si]1(C)CCCN1Cc1cccc(C(=S)Oc2ccccc2)c1. The second-order valence-electron chi connectivity index (χ2n) is 6.74. The van der Waals surface area contributed by atoms with Crippen LogP contribution in [-0.4, -0.2) is 24.4 Å². The van der Waals surface area contributed by atoms with Gasteiger partial charge in [0.15, 0.2) is 5.05 Å². The van der Waals surface area contributed by atoms with E-state index in [1.165, 1.54) is 24.6 Å². The predicted octanol–water partition coefficient (Wildman–Crippen LogP) is 4.85. The summed E-state index contributed by atoms with van der Waals surface area (Å²) in [6, 6.07) is 19.6. The first-order valence-corrected chi connectivity index (χ1v) is 11.7. The normalized spacial score (nSPS) is 17.1. The maximum atomic E-state index is 5.79. The maximum Gasteiger partial charge on any atom is 0.198 e. The molecular weight excluding hydrogens is 318 g/mol. The second-order valence-corrected chi connectivity index (χ2v) is 11.9. The molecule has 120 valence electrons. The third-order valence-corrected chi connectivity index (χ3v) is 8.55. The molecule has 1 saturated heterocycles. The Hall–Kier alpha value is -1.49. The van der Waals surface area contributed by atoms with Gasteiger partial charge in [-0.1, -0.05) is 49.5 Å². The number of thiocarbonyl (C=S) groups is 1. The highest BCUT2D eigenvalue weighted by Crippen LogP contribution is 2.27. The number of hydrogen-bond donors (Lipinski definition) is 0. The predicted molar refractivity (Wildman–Crippen MR) is 103 cm³/mol. The molecule has 0 atom stereocenters. The van der Waals surface area contributed by atoms with E-state index in [9.17, 15) is 0 Å². The van der Waals surface area contributed by atoms with Crippen LogP contribution in [-0.2, 0) is 6.54 Å². The number of para-hydroxylation sites is 1. The lowest BCUT2D eigenvalue weighted by Gasteiger charge is -2.29. The quantitative estimate of drug-likeness (QED) is 0.582. The van der Waals surface area contributed by atoms with Gasteiger partial charge in [0, 0.05) is 12.1 Å². The minimum Gasteiger partial charge on any atom is -0.445 e. The van der Waals surface area contributed by atoms with Gasteiger partial charge < -0.3 is 9.30 Å². The topological polar surface area (TPSA) is 12.5 Å². The van der Waals surface area contributed by atoms with Gasteiger partial charge in [-0.05, 0) is 55.0 Å². The van der Waals surface area contributed by atoms with Crippen molar-refractivity contribution in [3.8, 4) is 5.75 Å². The minimum atomic E-state index is -1.19. The fraction of sp³-hybridized carbons (Fsp3) is 0.316. The molecule has 23 heavy (non-hydrogen) atoms. The van der Waals surface area contributed by atoms with Crippen LogP contribution >= 0.6 is 12.2 Å². The molecule has 1 aliphatic heterocycles. The van der Waals surface area contributed by atoms with Gasteiger partial charge in [0.25, 0.3) is 0 Å². The fourth-order valence-electron chi connectivity index (χ4n) is 3.13. The van der Waals surface area contributed by atoms with Crippen LogP contribution in [0.2, 0.25) is 19.1 Å². The van der Waals surface area contributed by atoms with Crippen molar-refractivity contribution in [3.63, 3.8) is 0 Å². The van der Waals surface area contributed by atoms with Crippen molar-refractivity contribution in [2.75, 3.05) is 6.54 Å². The highest BCUT2D eigenvalue weighted by Gasteiger charge is 2.33. The lowest BCUT2D eigenvalue weighted by molar-refractivity contribution is 0.452. The number of nitrogens with zero attached hydrogens (tertiary/aromatic N) is 1. The van der Waals surface area contributed by atoms with Gasteiger partial charge in [0.2, 0.25) is 0 Å². The molecular formula is C19H23NOSSi. The van der Waals surface area contributed by atoms with E-state index >= 15 is 0 Å². The molecule has 2 nitrogen and oxygen atoms in total. The van der Waals surface area contributed by atoms with Crippen LogP contribution in [0.3, 0.4) is 0 Å². The summed E-state index contributed by atoms with van der Waals surface area (Å²) in [6.07, 6.45) is 1.34. The van der Waals surface area contributed by atoms with E-state index in [0.717, 1.165) is 17.9 Å². The molecule has 0 aliphatic carbocycles. The van der Waals surface area contributed by atoms with Crippen LogP contribution in [0.25, 0.3) is 0 Å². The molecule has 0 spiro atoms. The molecule has 1 heterocycles. The Labute approximate surface area is 145 Å². The third kappa shape index (κ3) is 4.08. The summed E-state index contributed by atoms with van der Waals surface area (Å²) in [6.45, 7) is 7.19. The van der Waals surface area contributed by atoms with Gasteiger partial charge in [-0.2, -0.15) is 0 Å². The van der Waals surface area contributed by atoms with Crippen molar-refractivity contribution in [2.24, 2.45) is 0 Å². The molecule has 0 aromatic heterocycles. The molecule has 1 aliphatic rings. The van der Waals surface area contributed by atoms with E-state index in [1.54, 1.807) is 0 Å². The molecule has 0 unspecified atom stereocenters. The average molecular weight is 342 g/mol. The van der Waals surface area contributed by atoms with Crippen LogP contribution in [0.4, 0.5) is 0 Å².